The third-order valence-corrected chi connectivity index (χ3v) is 7.09. The highest BCUT2D eigenvalue weighted by molar-refractivity contribution is 6.40. The molecule has 0 radical (unpaired) electrons. The topological polar surface area (TPSA) is 153 Å². The molecule has 0 spiro atoms. The van der Waals surface area contributed by atoms with Crippen LogP contribution in [0.4, 0.5) is 11.4 Å². The number of esters is 2. The Kier molecular flexibility index (Phi) is 15.8. The van der Waals surface area contributed by atoms with Crippen LogP contribution in [0.25, 0.3) is 5.57 Å². The number of nitrogens with one attached hydrogen (secondary N) is 2. The maximum absolute atomic E-state index is 13.7. The third kappa shape index (κ3) is 11.0. The van der Waals surface area contributed by atoms with Crippen molar-refractivity contribution in [2.75, 3.05) is 50.2 Å². The zero-order valence-corrected chi connectivity index (χ0v) is 30.3. The van der Waals surface area contributed by atoms with E-state index in [9.17, 15) is 24.0 Å². The normalized spacial score (nSPS) is 15.6. The molecule has 1 aromatic carbocycles. The molecule has 2 aliphatic carbocycles. The predicted octanol–water partition coefficient (Wildman–Crippen LogP) is 5.39. The lowest BCUT2D eigenvalue weighted by Crippen LogP contribution is -2.30. The third-order valence-electron chi connectivity index (χ3n) is 7.09. The minimum atomic E-state index is -0.457. The molecule has 2 N–H and O–H groups in total. The van der Waals surface area contributed by atoms with Gasteiger partial charge in [-0.3, -0.25) is 19.4 Å². The zero-order valence-electron chi connectivity index (χ0n) is 30.3. The lowest BCUT2D eigenvalue weighted by molar-refractivity contribution is -0.139. The highest BCUT2D eigenvalue weighted by atomic mass is 16.5. The summed E-state index contributed by atoms with van der Waals surface area (Å²) in [6.45, 7) is 21.1. The van der Waals surface area contributed by atoms with Gasteiger partial charge in [0.05, 0.1) is 48.5 Å². The molecule has 0 atom stereocenters. The summed E-state index contributed by atoms with van der Waals surface area (Å²) < 4.78 is 15.6. The van der Waals surface area contributed by atoms with Crippen LogP contribution < -0.4 is 15.5 Å². The number of ketones is 1. The number of ether oxygens (including phenoxy) is 3. The van der Waals surface area contributed by atoms with Crippen molar-refractivity contribution in [3.8, 4) is 0 Å². The molecule has 2 aliphatic rings. The Hall–Kier alpha value is -5.52. The SMILES string of the molecule is C=C(C)C(=O)OCCC.C=C(C)C(=O)OCCN(CC)c1ccc(C2=C(OC)/C(=C3/C=CC(=NCC)C=C3NC(C)=O)C2=O)c(NC(C)=O)c1. The van der Waals surface area contributed by atoms with Crippen molar-refractivity contribution < 1.29 is 38.2 Å². The van der Waals surface area contributed by atoms with E-state index in [4.69, 9.17) is 14.2 Å². The number of Topliss-reactive ketones (excluding diaryl/α,β-unsaturated/α-hetero) is 1. The largest absolute Gasteiger partial charge is 0.495 e. The number of benzene rings is 1. The first kappa shape index (κ1) is 40.7. The van der Waals surface area contributed by atoms with E-state index in [1.165, 1.54) is 21.0 Å². The van der Waals surface area contributed by atoms with Crippen LogP contribution in [0.15, 0.2) is 88.3 Å². The number of carbonyl (C=O) groups excluding carboxylic acids is 5. The van der Waals surface area contributed by atoms with Crippen molar-refractivity contribution in [1.82, 2.24) is 5.32 Å². The first-order chi connectivity index (χ1) is 23.7. The van der Waals surface area contributed by atoms with Crippen LogP contribution in [0, 0.1) is 0 Å². The number of amides is 2. The summed E-state index contributed by atoms with van der Waals surface area (Å²) in [6, 6.07) is 5.36. The van der Waals surface area contributed by atoms with Gasteiger partial charge < -0.3 is 29.7 Å². The summed E-state index contributed by atoms with van der Waals surface area (Å²) in [6.07, 6.45) is 6.09. The number of hydrogen-bond donors (Lipinski definition) is 2. The number of aliphatic imine (C=N–C) groups is 1. The number of likely N-dealkylation sites (N-methyl/N-ethyl adjacent to an activating group) is 1. The Morgan fingerprint density at radius 2 is 1.48 bits per heavy atom. The Labute approximate surface area is 294 Å². The van der Waals surface area contributed by atoms with Crippen molar-refractivity contribution >= 4 is 52.2 Å². The molecular formula is C38H48N4O8. The van der Waals surface area contributed by atoms with Crippen molar-refractivity contribution in [3.05, 3.63) is 88.9 Å². The smallest absolute Gasteiger partial charge is 0.333 e. The molecule has 0 unspecified atom stereocenters. The minimum Gasteiger partial charge on any atom is -0.495 e. The van der Waals surface area contributed by atoms with Crippen LogP contribution >= 0.6 is 0 Å². The second-order valence-corrected chi connectivity index (χ2v) is 11.3. The second kappa shape index (κ2) is 19.5. The predicted molar refractivity (Wildman–Crippen MR) is 195 cm³/mol. The number of hydrogen-bond acceptors (Lipinski definition) is 10. The van der Waals surface area contributed by atoms with E-state index in [1.54, 1.807) is 44.2 Å². The monoisotopic (exact) mass is 688 g/mol. The molecule has 2 amide bonds. The zero-order chi connectivity index (χ0) is 37.5. The summed E-state index contributed by atoms with van der Waals surface area (Å²) in [5.74, 6) is -1.28. The van der Waals surface area contributed by atoms with Gasteiger partial charge in [0.2, 0.25) is 17.6 Å². The molecule has 3 rings (SSSR count). The Morgan fingerprint density at radius 3 is 2.00 bits per heavy atom. The summed E-state index contributed by atoms with van der Waals surface area (Å²) >= 11 is 0. The number of methoxy groups -OCH3 is 1. The van der Waals surface area contributed by atoms with Gasteiger partial charge in [0.1, 0.15) is 12.4 Å². The van der Waals surface area contributed by atoms with E-state index in [0.29, 0.717) is 82.5 Å². The van der Waals surface area contributed by atoms with Crippen LogP contribution in [0.1, 0.15) is 60.5 Å². The molecule has 12 heteroatoms. The molecule has 1 aromatic rings. The van der Waals surface area contributed by atoms with E-state index >= 15 is 0 Å². The van der Waals surface area contributed by atoms with Crippen LogP contribution in [-0.2, 0) is 38.2 Å². The fourth-order valence-corrected chi connectivity index (χ4v) is 4.81. The minimum absolute atomic E-state index is 0.160. The fraction of sp³-hybridized carbons (Fsp3) is 0.368. The Morgan fingerprint density at radius 1 is 0.860 bits per heavy atom. The molecule has 0 saturated carbocycles. The Balaban J connectivity index is 0.000000845. The molecule has 12 nitrogen and oxygen atoms in total. The van der Waals surface area contributed by atoms with Crippen molar-refractivity contribution in [2.24, 2.45) is 4.99 Å². The fourth-order valence-electron chi connectivity index (χ4n) is 4.81. The van der Waals surface area contributed by atoms with Crippen LogP contribution in [0.2, 0.25) is 0 Å². The lowest BCUT2D eigenvalue weighted by atomic mass is 9.78. The van der Waals surface area contributed by atoms with Crippen LogP contribution in [0.3, 0.4) is 0 Å². The average molecular weight is 689 g/mol. The van der Waals surface area contributed by atoms with Gasteiger partial charge in [0.25, 0.3) is 0 Å². The van der Waals surface area contributed by atoms with E-state index in [2.05, 4.69) is 28.8 Å². The van der Waals surface area contributed by atoms with E-state index in [0.717, 1.165) is 12.1 Å². The number of rotatable bonds is 14. The summed E-state index contributed by atoms with van der Waals surface area (Å²) in [4.78, 5) is 66.4. The van der Waals surface area contributed by atoms with Gasteiger partial charge >= 0.3 is 11.9 Å². The van der Waals surface area contributed by atoms with Gasteiger partial charge in [0.15, 0.2) is 0 Å². The number of nitrogens with zero attached hydrogens (tertiary/aromatic N) is 2. The Bertz CT molecular complexity index is 1690. The van der Waals surface area contributed by atoms with Crippen LogP contribution in [-0.4, -0.2) is 75.2 Å². The summed E-state index contributed by atoms with van der Waals surface area (Å²) in [5.41, 5.74) is 4.76. The molecule has 268 valence electrons. The van der Waals surface area contributed by atoms with Gasteiger partial charge in [-0.1, -0.05) is 20.1 Å². The van der Waals surface area contributed by atoms with Gasteiger partial charge in [-0.2, -0.15) is 0 Å². The number of allylic oxidation sites excluding steroid dienone is 5. The van der Waals surface area contributed by atoms with Gasteiger partial charge in [-0.05, 0) is 70.5 Å². The van der Waals surface area contributed by atoms with Crippen LogP contribution in [0.5, 0.6) is 0 Å². The molecule has 0 heterocycles. The summed E-state index contributed by atoms with van der Waals surface area (Å²) in [7, 11) is 1.47. The average Bonchev–Trinajstić information content (AvgIpc) is 3.05. The molecule has 0 saturated heterocycles. The second-order valence-electron chi connectivity index (χ2n) is 11.3. The van der Waals surface area contributed by atoms with E-state index in [-0.39, 0.29) is 30.2 Å². The maximum atomic E-state index is 13.7. The molecule has 0 aliphatic heterocycles. The van der Waals surface area contributed by atoms with E-state index < -0.39 is 5.97 Å². The van der Waals surface area contributed by atoms with Crippen molar-refractivity contribution in [1.29, 1.82) is 0 Å². The quantitative estimate of drug-likeness (QED) is 0.193. The molecular weight excluding hydrogens is 640 g/mol. The first-order valence-electron chi connectivity index (χ1n) is 16.3. The standard InChI is InChI=1S/C31H36N4O6.C7H12O2/c1-8-32-21-10-12-23(25(16-21)33-19(5)36)27-29(38)28(30(27)40-7)24-13-11-22(17-26(24)34-20(6)37)35(9-2)14-15-41-31(39)18(3)4;1-4-5-9-7(8)6(2)3/h10-13,16-17H,3,8-9,14-15H2,1-2,4-7H3,(H,33,36)(H,34,37);2,4-5H2,1,3H3/b27-23-,32-21?;. The highest BCUT2D eigenvalue weighted by Crippen LogP contribution is 2.44. The van der Waals surface area contributed by atoms with Gasteiger partial charge in [-0.25, -0.2) is 9.59 Å². The van der Waals surface area contributed by atoms with Gasteiger partial charge in [0, 0.05) is 54.9 Å². The summed E-state index contributed by atoms with van der Waals surface area (Å²) in [5, 5.41) is 5.61. The van der Waals surface area contributed by atoms with Gasteiger partial charge in [-0.15, -0.1) is 0 Å². The van der Waals surface area contributed by atoms with E-state index in [1.807, 2.05) is 31.7 Å². The van der Waals surface area contributed by atoms with Crippen molar-refractivity contribution in [2.45, 2.75) is 54.9 Å². The first-order valence-corrected chi connectivity index (χ1v) is 16.3. The lowest BCUT2D eigenvalue weighted by Gasteiger charge is -2.30. The number of anilines is 2. The van der Waals surface area contributed by atoms with Crippen molar-refractivity contribution in [3.63, 3.8) is 0 Å². The number of carbonyl (C=O) groups is 5. The highest BCUT2D eigenvalue weighted by Gasteiger charge is 2.40. The molecule has 0 bridgehead atoms. The molecule has 0 fully saturated rings. The maximum Gasteiger partial charge on any atom is 0.333 e. The molecule has 0 aromatic heterocycles. The molecule has 50 heavy (non-hydrogen) atoms.